The Balaban J connectivity index is 1.55. The average Bonchev–Trinajstić information content (AvgIpc) is 3.10. The van der Waals surface area contributed by atoms with Gasteiger partial charge in [0.15, 0.2) is 0 Å². The lowest BCUT2D eigenvalue weighted by Gasteiger charge is -2.35. The zero-order valence-electron chi connectivity index (χ0n) is 17.5. The summed E-state index contributed by atoms with van der Waals surface area (Å²) >= 11 is 0. The predicted octanol–water partition coefficient (Wildman–Crippen LogP) is 3.20. The van der Waals surface area contributed by atoms with Gasteiger partial charge in [-0.1, -0.05) is 11.6 Å². The van der Waals surface area contributed by atoms with Crippen LogP contribution in [-0.4, -0.2) is 54.3 Å². The SMILES string of the molecule is COC(=O)c1ccc(O[C@@H]2C[C@@H]3CN(C(=O)CCC=C(C)C)C[C@@H]3C[C@H]2O)cc1. The van der Waals surface area contributed by atoms with Crippen LogP contribution < -0.4 is 4.74 Å². The van der Waals surface area contributed by atoms with Crippen molar-refractivity contribution in [1.29, 1.82) is 0 Å². The zero-order chi connectivity index (χ0) is 21.0. The van der Waals surface area contributed by atoms with Crippen LogP contribution in [0.5, 0.6) is 5.75 Å². The predicted molar refractivity (Wildman–Crippen MR) is 110 cm³/mol. The first-order valence-electron chi connectivity index (χ1n) is 10.3. The fourth-order valence-corrected chi connectivity index (χ4v) is 4.33. The van der Waals surface area contributed by atoms with Gasteiger partial charge in [0, 0.05) is 19.5 Å². The number of esters is 1. The van der Waals surface area contributed by atoms with Crippen LogP contribution in [0.15, 0.2) is 35.9 Å². The molecule has 1 saturated carbocycles. The van der Waals surface area contributed by atoms with E-state index in [0.29, 0.717) is 36.0 Å². The molecule has 2 aliphatic rings. The lowest BCUT2D eigenvalue weighted by atomic mass is 9.78. The Morgan fingerprint density at radius 3 is 2.41 bits per heavy atom. The zero-order valence-corrected chi connectivity index (χ0v) is 17.5. The van der Waals surface area contributed by atoms with Gasteiger partial charge in [0.1, 0.15) is 11.9 Å². The molecule has 2 fully saturated rings. The fraction of sp³-hybridized carbons (Fsp3) is 0.565. The van der Waals surface area contributed by atoms with Crippen LogP contribution in [0.1, 0.15) is 49.9 Å². The second-order valence-electron chi connectivity index (χ2n) is 8.35. The van der Waals surface area contributed by atoms with Gasteiger partial charge < -0.3 is 19.5 Å². The van der Waals surface area contributed by atoms with E-state index in [4.69, 9.17) is 9.47 Å². The molecule has 1 heterocycles. The minimum Gasteiger partial charge on any atom is -0.488 e. The van der Waals surface area contributed by atoms with E-state index in [1.54, 1.807) is 24.3 Å². The molecule has 1 N–H and O–H groups in total. The molecule has 1 amide bonds. The Morgan fingerprint density at radius 1 is 1.14 bits per heavy atom. The Morgan fingerprint density at radius 2 is 1.79 bits per heavy atom. The van der Waals surface area contributed by atoms with Gasteiger partial charge >= 0.3 is 5.97 Å². The van der Waals surface area contributed by atoms with Gasteiger partial charge in [-0.3, -0.25) is 4.79 Å². The van der Waals surface area contributed by atoms with E-state index in [-0.39, 0.29) is 12.0 Å². The molecule has 0 aromatic heterocycles. The molecule has 3 rings (SSSR count). The van der Waals surface area contributed by atoms with Crippen molar-refractivity contribution in [3.63, 3.8) is 0 Å². The molecule has 158 valence electrons. The molecule has 0 bridgehead atoms. The van der Waals surface area contributed by atoms with Crippen molar-refractivity contribution in [2.45, 2.75) is 51.7 Å². The van der Waals surface area contributed by atoms with E-state index >= 15 is 0 Å². The van der Waals surface area contributed by atoms with Crippen molar-refractivity contribution in [1.82, 2.24) is 4.90 Å². The summed E-state index contributed by atoms with van der Waals surface area (Å²) in [7, 11) is 1.35. The molecule has 1 aromatic rings. The average molecular weight is 402 g/mol. The van der Waals surface area contributed by atoms with Gasteiger partial charge in [-0.05, 0) is 69.2 Å². The Labute approximate surface area is 172 Å². The van der Waals surface area contributed by atoms with Crippen LogP contribution in [0.4, 0.5) is 0 Å². The molecule has 0 unspecified atom stereocenters. The van der Waals surface area contributed by atoms with E-state index in [1.165, 1.54) is 12.7 Å². The summed E-state index contributed by atoms with van der Waals surface area (Å²) in [6, 6.07) is 6.75. The number of carbonyl (C=O) groups excluding carboxylic acids is 2. The number of aliphatic hydroxyl groups is 1. The third-order valence-electron chi connectivity index (χ3n) is 5.91. The topological polar surface area (TPSA) is 76.1 Å². The van der Waals surface area contributed by atoms with Crippen molar-refractivity contribution >= 4 is 11.9 Å². The molecule has 6 nitrogen and oxygen atoms in total. The molecule has 1 saturated heterocycles. The Kier molecular flexibility index (Phi) is 6.96. The van der Waals surface area contributed by atoms with E-state index in [2.05, 4.69) is 6.08 Å². The summed E-state index contributed by atoms with van der Waals surface area (Å²) in [6.45, 7) is 5.56. The molecule has 1 aliphatic carbocycles. The highest BCUT2D eigenvalue weighted by molar-refractivity contribution is 5.89. The number of likely N-dealkylation sites (tertiary alicyclic amines) is 1. The number of hydrogen-bond acceptors (Lipinski definition) is 5. The first-order chi connectivity index (χ1) is 13.9. The molecular formula is C23H31NO5. The molecule has 29 heavy (non-hydrogen) atoms. The Bertz CT molecular complexity index is 753. The number of hydrogen-bond donors (Lipinski definition) is 1. The number of benzene rings is 1. The second-order valence-corrected chi connectivity index (χ2v) is 8.35. The lowest BCUT2D eigenvalue weighted by molar-refractivity contribution is -0.130. The summed E-state index contributed by atoms with van der Waals surface area (Å²) in [5, 5.41) is 10.6. The number of allylic oxidation sites excluding steroid dienone is 2. The number of aliphatic hydroxyl groups excluding tert-OH is 1. The number of rotatable bonds is 6. The van der Waals surface area contributed by atoms with Crippen molar-refractivity contribution in [2.24, 2.45) is 11.8 Å². The number of carbonyl (C=O) groups is 2. The molecular weight excluding hydrogens is 370 g/mol. The third kappa shape index (κ3) is 5.38. The minimum absolute atomic E-state index is 0.197. The van der Waals surface area contributed by atoms with Gasteiger partial charge in [-0.2, -0.15) is 0 Å². The van der Waals surface area contributed by atoms with Gasteiger partial charge in [0.05, 0.1) is 18.8 Å². The maximum absolute atomic E-state index is 12.5. The number of nitrogens with zero attached hydrogens (tertiary/aromatic N) is 1. The summed E-state index contributed by atoms with van der Waals surface area (Å²) in [6.07, 6.45) is 3.93. The van der Waals surface area contributed by atoms with Crippen LogP contribution in [0.25, 0.3) is 0 Å². The van der Waals surface area contributed by atoms with Crippen molar-refractivity contribution < 1.29 is 24.2 Å². The molecule has 0 spiro atoms. The van der Waals surface area contributed by atoms with Crippen LogP contribution in [0, 0.1) is 11.8 Å². The van der Waals surface area contributed by atoms with E-state index in [1.807, 2.05) is 18.7 Å². The standard InChI is InChI=1S/C23H31NO5/c1-15(2)5-4-6-22(26)24-13-17-11-20(25)21(12-18(17)14-24)29-19-9-7-16(8-10-19)23(27)28-3/h5,7-10,17-18,20-21,25H,4,6,11-14H2,1-3H3/t17-,18+,20+,21+/m0/s1. The molecule has 1 aromatic carbocycles. The van der Waals surface area contributed by atoms with Crippen molar-refractivity contribution in [3.8, 4) is 5.75 Å². The second kappa shape index (κ2) is 9.44. The van der Waals surface area contributed by atoms with Crippen LogP contribution >= 0.6 is 0 Å². The quantitative estimate of drug-likeness (QED) is 0.585. The van der Waals surface area contributed by atoms with Gasteiger partial charge in [-0.15, -0.1) is 0 Å². The summed E-state index contributed by atoms with van der Waals surface area (Å²) in [4.78, 5) is 26.0. The third-order valence-corrected chi connectivity index (χ3v) is 5.91. The van der Waals surface area contributed by atoms with Gasteiger partial charge in [0.2, 0.25) is 5.91 Å². The first kappa shape index (κ1) is 21.4. The highest BCUT2D eigenvalue weighted by Crippen LogP contribution is 2.38. The number of fused-ring (bicyclic) bond motifs is 1. The molecule has 1 aliphatic heterocycles. The van der Waals surface area contributed by atoms with E-state index in [9.17, 15) is 14.7 Å². The van der Waals surface area contributed by atoms with Crippen LogP contribution in [0.3, 0.4) is 0 Å². The van der Waals surface area contributed by atoms with E-state index in [0.717, 1.165) is 25.9 Å². The number of amides is 1. The highest BCUT2D eigenvalue weighted by atomic mass is 16.5. The van der Waals surface area contributed by atoms with E-state index < -0.39 is 12.1 Å². The van der Waals surface area contributed by atoms with Crippen molar-refractivity contribution in [3.05, 3.63) is 41.5 Å². The summed E-state index contributed by atoms with van der Waals surface area (Å²) < 4.78 is 10.7. The maximum atomic E-state index is 12.5. The largest absolute Gasteiger partial charge is 0.488 e. The summed E-state index contributed by atoms with van der Waals surface area (Å²) in [5.74, 6) is 1.11. The highest BCUT2D eigenvalue weighted by Gasteiger charge is 2.43. The summed E-state index contributed by atoms with van der Waals surface area (Å²) in [5.41, 5.74) is 1.69. The van der Waals surface area contributed by atoms with Gasteiger partial charge in [-0.25, -0.2) is 4.79 Å². The molecule has 4 atom stereocenters. The first-order valence-corrected chi connectivity index (χ1v) is 10.3. The Hall–Kier alpha value is -2.34. The molecule has 6 heteroatoms. The van der Waals surface area contributed by atoms with Crippen molar-refractivity contribution in [2.75, 3.05) is 20.2 Å². The fourth-order valence-electron chi connectivity index (χ4n) is 4.33. The minimum atomic E-state index is -0.558. The smallest absolute Gasteiger partial charge is 0.337 e. The van der Waals surface area contributed by atoms with Gasteiger partial charge in [0.25, 0.3) is 0 Å². The maximum Gasteiger partial charge on any atom is 0.337 e. The normalized spacial score (nSPS) is 25.9. The number of ether oxygens (including phenoxy) is 2. The lowest BCUT2D eigenvalue weighted by Crippen LogP contribution is -2.42. The molecule has 0 radical (unpaired) electrons. The monoisotopic (exact) mass is 401 g/mol. The van der Waals surface area contributed by atoms with Crippen LogP contribution in [-0.2, 0) is 9.53 Å². The van der Waals surface area contributed by atoms with Crippen LogP contribution in [0.2, 0.25) is 0 Å². The number of methoxy groups -OCH3 is 1.